The van der Waals surface area contributed by atoms with Crippen molar-refractivity contribution >= 4 is 23.3 Å². The fourth-order valence-electron chi connectivity index (χ4n) is 4.24. The van der Waals surface area contributed by atoms with Gasteiger partial charge in [-0.2, -0.15) is 0 Å². The molecule has 2 aromatic carbocycles. The van der Waals surface area contributed by atoms with Gasteiger partial charge in [-0.1, -0.05) is 18.2 Å². The van der Waals surface area contributed by atoms with Crippen molar-refractivity contribution in [3.8, 4) is 17.2 Å². The fourth-order valence-corrected chi connectivity index (χ4v) is 4.24. The molecule has 1 atom stereocenters. The van der Waals surface area contributed by atoms with Crippen molar-refractivity contribution in [2.24, 2.45) is 0 Å². The second-order valence-electron chi connectivity index (χ2n) is 8.33. The highest BCUT2D eigenvalue weighted by Crippen LogP contribution is 2.57. The second-order valence-corrected chi connectivity index (χ2v) is 8.33. The molecule has 1 amide bonds. The molecule has 0 fully saturated rings. The maximum Gasteiger partial charge on any atom is 0.269 e. The molecule has 174 valence electrons. The van der Waals surface area contributed by atoms with Crippen molar-refractivity contribution in [3.63, 3.8) is 0 Å². The van der Waals surface area contributed by atoms with E-state index in [-0.39, 0.29) is 39.5 Å². The van der Waals surface area contributed by atoms with Crippen LogP contribution < -0.4 is 15.6 Å². The van der Waals surface area contributed by atoms with Gasteiger partial charge < -0.3 is 20.4 Å². The zero-order chi connectivity index (χ0) is 24.9. The Morgan fingerprint density at radius 2 is 1.65 bits per heavy atom. The van der Waals surface area contributed by atoms with E-state index in [1.807, 2.05) is 0 Å². The maximum atomic E-state index is 13.7. The van der Waals surface area contributed by atoms with Crippen LogP contribution in [0.2, 0.25) is 0 Å². The lowest BCUT2D eigenvalue weighted by molar-refractivity contribution is -0.123. The summed E-state index contributed by atoms with van der Waals surface area (Å²) < 4.78 is 5.71. The average Bonchev–Trinajstić information content (AvgIpc) is 3.09. The first-order valence-corrected chi connectivity index (χ1v) is 10.4. The number of hydrogen-bond donors (Lipinski definition) is 4. The zero-order valence-electron chi connectivity index (χ0n) is 18.9. The van der Waals surface area contributed by atoms with Crippen molar-refractivity contribution in [2.75, 3.05) is 0 Å². The van der Waals surface area contributed by atoms with Crippen molar-refractivity contribution in [2.45, 2.75) is 33.1 Å². The van der Waals surface area contributed by atoms with E-state index in [0.29, 0.717) is 5.56 Å². The molecular formula is C25H22N2O7. The third kappa shape index (κ3) is 3.16. The number of ether oxygens (including phenoxy) is 1. The quantitative estimate of drug-likeness (QED) is 0.235. The largest absolute Gasteiger partial charge is 0.507 e. The molecule has 0 saturated carbocycles. The summed E-state index contributed by atoms with van der Waals surface area (Å²) in [5, 5.41) is 21.2. The highest BCUT2D eigenvalue weighted by Gasteiger charge is 2.56. The number of Topliss-reactive ketones (excluding diaryl/α,β-unsaturated/α-hetero) is 2. The molecular weight excluding hydrogens is 440 g/mol. The van der Waals surface area contributed by atoms with Gasteiger partial charge in [0.2, 0.25) is 0 Å². The van der Waals surface area contributed by atoms with Crippen LogP contribution >= 0.6 is 0 Å². The molecule has 0 spiro atoms. The van der Waals surface area contributed by atoms with E-state index in [1.165, 1.54) is 27.7 Å². The summed E-state index contributed by atoms with van der Waals surface area (Å²) in [6.07, 6.45) is 1.11. The van der Waals surface area contributed by atoms with Gasteiger partial charge >= 0.3 is 0 Å². The molecule has 2 aromatic rings. The van der Waals surface area contributed by atoms with Crippen LogP contribution in [0.3, 0.4) is 0 Å². The van der Waals surface area contributed by atoms with Gasteiger partial charge in [0, 0.05) is 22.9 Å². The number of hydrogen-bond acceptors (Lipinski definition) is 8. The first-order chi connectivity index (χ1) is 16.0. The van der Waals surface area contributed by atoms with Crippen LogP contribution in [0.4, 0.5) is 0 Å². The number of hydrazine groups is 1. The maximum absolute atomic E-state index is 13.7. The van der Waals surface area contributed by atoms with E-state index in [4.69, 9.17) is 4.74 Å². The Morgan fingerprint density at radius 3 is 2.26 bits per heavy atom. The van der Waals surface area contributed by atoms with Gasteiger partial charge in [-0.25, -0.2) is 0 Å². The molecule has 0 saturated heterocycles. The average molecular weight is 462 g/mol. The van der Waals surface area contributed by atoms with E-state index in [2.05, 4.69) is 10.9 Å². The number of phenols is 2. The van der Waals surface area contributed by atoms with E-state index < -0.39 is 40.2 Å². The zero-order valence-corrected chi connectivity index (χ0v) is 18.9. The number of amides is 1. The SMILES string of the molecule is CC(=O)c1c(O)c(C)c(O)c2c1OC1=CC(=O)/C(=C(/C)NNC(=O)c3ccccc3)C(=O)[C@@]12C. The van der Waals surface area contributed by atoms with Crippen LogP contribution in [0.15, 0.2) is 53.4 Å². The minimum atomic E-state index is -1.63. The van der Waals surface area contributed by atoms with Crippen LogP contribution in [-0.2, 0) is 15.0 Å². The van der Waals surface area contributed by atoms with Crippen LogP contribution in [0.5, 0.6) is 17.2 Å². The minimum Gasteiger partial charge on any atom is -0.507 e. The number of nitrogens with one attached hydrogen (secondary N) is 2. The van der Waals surface area contributed by atoms with Gasteiger partial charge in [-0.15, -0.1) is 0 Å². The lowest BCUT2D eigenvalue weighted by Crippen LogP contribution is -2.43. The van der Waals surface area contributed by atoms with E-state index in [0.717, 1.165) is 6.08 Å². The topological polar surface area (TPSA) is 142 Å². The van der Waals surface area contributed by atoms with Crippen molar-refractivity contribution in [1.29, 1.82) is 0 Å². The molecule has 1 aliphatic carbocycles. The summed E-state index contributed by atoms with van der Waals surface area (Å²) in [4.78, 5) is 51.1. The Balaban J connectivity index is 1.78. The Bertz CT molecular complexity index is 1360. The molecule has 34 heavy (non-hydrogen) atoms. The Kier molecular flexibility index (Phi) is 5.28. The van der Waals surface area contributed by atoms with Crippen LogP contribution in [-0.4, -0.2) is 33.5 Å². The second kappa shape index (κ2) is 7.87. The molecule has 1 heterocycles. The summed E-state index contributed by atoms with van der Waals surface area (Å²) in [7, 11) is 0. The van der Waals surface area contributed by atoms with Gasteiger partial charge in [0.1, 0.15) is 34.0 Å². The third-order valence-electron chi connectivity index (χ3n) is 6.16. The van der Waals surface area contributed by atoms with Crippen LogP contribution in [0, 0.1) is 6.92 Å². The number of carbonyl (C=O) groups is 4. The molecule has 4 N–H and O–H groups in total. The molecule has 0 unspecified atom stereocenters. The smallest absolute Gasteiger partial charge is 0.269 e. The first kappa shape index (κ1) is 22.8. The van der Waals surface area contributed by atoms with Crippen molar-refractivity contribution in [3.05, 3.63) is 75.7 Å². The van der Waals surface area contributed by atoms with Gasteiger partial charge in [0.05, 0.1) is 11.1 Å². The highest BCUT2D eigenvalue weighted by atomic mass is 16.5. The molecule has 9 heteroatoms. The lowest BCUT2D eigenvalue weighted by Gasteiger charge is -2.29. The van der Waals surface area contributed by atoms with E-state index in [1.54, 1.807) is 30.3 Å². The van der Waals surface area contributed by atoms with E-state index in [9.17, 15) is 29.4 Å². The molecule has 0 radical (unpaired) electrons. The summed E-state index contributed by atoms with van der Waals surface area (Å²) in [6.45, 7) is 5.55. The van der Waals surface area contributed by atoms with Gasteiger partial charge in [-0.3, -0.25) is 24.6 Å². The normalized spacial score (nSPS) is 20.1. The Hall–Kier alpha value is -4.40. The lowest BCUT2D eigenvalue weighted by atomic mass is 9.70. The minimum absolute atomic E-state index is 0.00429. The number of benzene rings is 2. The molecule has 4 rings (SSSR count). The molecule has 0 bridgehead atoms. The predicted octanol–water partition coefficient (Wildman–Crippen LogP) is 2.50. The van der Waals surface area contributed by atoms with Crippen LogP contribution in [0.25, 0.3) is 0 Å². The number of phenolic OH excluding ortho intramolecular Hbond substituents is 2. The number of fused-ring (bicyclic) bond motifs is 3. The van der Waals surface area contributed by atoms with E-state index >= 15 is 0 Å². The third-order valence-corrected chi connectivity index (χ3v) is 6.16. The highest BCUT2D eigenvalue weighted by molar-refractivity contribution is 6.31. The molecule has 1 aliphatic heterocycles. The van der Waals surface area contributed by atoms with Gasteiger partial charge in [0.25, 0.3) is 5.91 Å². The van der Waals surface area contributed by atoms with Crippen molar-refractivity contribution < 1.29 is 34.1 Å². The number of aromatic hydroxyl groups is 2. The van der Waals surface area contributed by atoms with Gasteiger partial charge in [0.15, 0.2) is 17.3 Å². The Morgan fingerprint density at radius 1 is 1.00 bits per heavy atom. The number of allylic oxidation sites excluding steroid dienone is 4. The Labute approximate surface area is 194 Å². The number of ketones is 3. The summed E-state index contributed by atoms with van der Waals surface area (Å²) in [5.41, 5.74) is 3.47. The van der Waals surface area contributed by atoms with Crippen LogP contribution in [0.1, 0.15) is 52.6 Å². The number of rotatable bonds is 4. The summed E-state index contributed by atoms with van der Waals surface area (Å²) >= 11 is 0. The monoisotopic (exact) mass is 462 g/mol. The predicted molar refractivity (Wildman–Crippen MR) is 120 cm³/mol. The molecule has 9 nitrogen and oxygen atoms in total. The van der Waals surface area contributed by atoms with Gasteiger partial charge in [-0.05, 0) is 39.8 Å². The standard InChI is InChI=1S/C25H22N2O7/c1-11-20(30)18(13(3)28)22-19(21(11)31)25(4)16(34-22)10-15(29)17(23(25)32)12(2)26-27-24(33)14-8-6-5-7-9-14/h5-10,26,30-31H,1-4H3,(H,27,33)/b17-12+/t25-/m0/s1. The molecule has 2 aliphatic rings. The summed E-state index contributed by atoms with van der Waals surface area (Å²) in [5.74, 6) is -3.45. The fraction of sp³-hybridized carbons (Fsp3) is 0.200. The number of carbonyl (C=O) groups excluding carboxylic acids is 4. The molecule has 0 aromatic heterocycles. The first-order valence-electron chi connectivity index (χ1n) is 10.4. The summed E-state index contributed by atoms with van der Waals surface area (Å²) in [6, 6.07) is 8.36. The van der Waals surface area contributed by atoms with Crippen molar-refractivity contribution in [1.82, 2.24) is 10.9 Å².